The molecule has 2 aliphatic heterocycles. The highest BCUT2D eigenvalue weighted by Gasteiger charge is 2.30. The van der Waals surface area contributed by atoms with Crippen LogP contribution in [-0.2, 0) is 11.3 Å². The quantitative estimate of drug-likeness (QED) is 0.769. The van der Waals surface area contributed by atoms with Gasteiger partial charge < -0.3 is 0 Å². The fourth-order valence-corrected chi connectivity index (χ4v) is 4.75. The van der Waals surface area contributed by atoms with Crippen LogP contribution in [0.4, 0.5) is 10.5 Å². The van der Waals surface area contributed by atoms with E-state index in [1.807, 2.05) is 6.20 Å². The number of aromatic nitrogens is 2. The molecule has 1 N–H and O–H groups in total. The third-order valence-electron chi connectivity index (χ3n) is 6.30. The number of pyridine rings is 1. The second-order valence-electron chi connectivity index (χ2n) is 9.58. The van der Waals surface area contributed by atoms with Gasteiger partial charge in [0.1, 0.15) is 0 Å². The standard InChI is InChI=1S/C23H34N6O2/c1-16(2)13-27-10-9-26(15-21(27)17(3)4)14-18-5-8-29-19(11-18)20(12-24-29)28-7-6-22(30)25-23(28)31/h5,8,11-12,16-17,21H,6-7,9-10,13-15H2,1-4H3,(H,25,30,31)/t21-/m1/s1. The van der Waals surface area contributed by atoms with E-state index in [4.69, 9.17) is 0 Å². The minimum absolute atomic E-state index is 0.227. The summed E-state index contributed by atoms with van der Waals surface area (Å²) in [4.78, 5) is 30.6. The highest BCUT2D eigenvalue weighted by Crippen LogP contribution is 2.25. The Balaban J connectivity index is 1.50. The Morgan fingerprint density at radius 1 is 1.16 bits per heavy atom. The molecule has 8 nitrogen and oxygen atoms in total. The van der Waals surface area contributed by atoms with Gasteiger partial charge in [-0.05, 0) is 29.5 Å². The van der Waals surface area contributed by atoms with Gasteiger partial charge in [-0.15, -0.1) is 0 Å². The van der Waals surface area contributed by atoms with Crippen LogP contribution in [0.3, 0.4) is 0 Å². The summed E-state index contributed by atoms with van der Waals surface area (Å²) in [7, 11) is 0. The summed E-state index contributed by atoms with van der Waals surface area (Å²) in [6.45, 7) is 14.9. The molecule has 31 heavy (non-hydrogen) atoms. The van der Waals surface area contributed by atoms with Gasteiger partial charge in [0.25, 0.3) is 0 Å². The molecule has 2 aromatic rings. The summed E-state index contributed by atoms with van der Waals surface area (Å²) < 4.78 is 1.79. The van der Waals surface area contributed by atoms with Crippen LogP contribution in [0, 0.1) is 11.8 Å². The lowest BCUT2D eigenvalue weighted by atomic mass is 9.98. The summed E-state index contributed by atoms with van der Waals surface area (Å²) >= 11 is 0. The average Bonchev–Trinajstić information content (AvgIpc) is 3.11. The highest BCUT2D eigenvalue weighted by atomic mass is 16.2. The van der Waals surface area contributed by atoms with Gasteiger partial charge in [0, 0.05) is 57.9 Å². The van der Waals surface area contributed by atoms with Crippen LogP contribution in [0.2, 0.25) is 0 Å². The Morgan fingerprint density at radius 2 is 1.97 bits per heavy atom. The number of nitrogens with one attached hydrogen (secondary N) is 1. The Bertz CT molecular complexity index is 953. The van der Waals surface area contributed by atoms with Crippen LogP contribution in [0.1, 0.15) is 39.7 Å². The summed E-state index contributed by atoms with van der Waals surface area (Å²) in [6, 6.07) is 4.42. The molecule has 8 heteroatoms. The van der Waals surface area contributed by atoms with E-state index >= 15 is 0 Å². The minimum atomic E-state index is -0.377. The molecule has 4 heterocycles. The van der Waals surface area contributed by atoms with Gasteiger partial charge in [-0.25, -0.2) is 9.31 Å². The van der Waals surface area contributed by atoms with Crippen molar-refractivity contribution in [1.29, 1.82) is 0 Å². The molecule has 2 fully saturated rings. The predicted octanol–water partition coefficient (Wildman–Crippen LogP) is 2.58. The lowest BCUT2D eigenvalue weighted by molar-refractivity contribution is -0.120. The number of amides is 3. The Kier molecular flexibility index (Phi) is 6.29. The molecule has 0 bridgehead atoms. The van der Waals surface area contributed by atoms with E-state index in [2.05, 4.69) is 60.0 Å². The van der Waals surface area contributed by atoms with Crippen LogP contribution < -0.4 is 10.2 Å². The van der Waals surface area contributed by atoms with Crippen molar-refractivity contribution < 1.29 is 9.59 Å². The largest absolute Gasteiger partial charge is 0.328 e. The maximum absolute atomic E-state index is 12.3. The lowest BCUT2D eigenvalue weighted by Gasteiger charge is -2.44. The molecule has 0 aromatic carbocycles. The number of carbonyl (C=O) groups excluding carboxylic acids is 2. The van der Waals surface area contributed by atoms with Crippen molar-refractivity contribution in [2.75, 3.05) is 37.6 Å². The van der Waals surface area contributed by atoms with Crippen molar-refractivity contribution in [3.05, 3.63) is 30.1 Å². The first kappa shape index (κ1) is 21.8. The van der Waals surface area contributed by atoms with Gasteiger partial charge in [0.15, 0.2) is 0 Å². The van der Waals surface area contributed by atoms with Gasteiger partial charge in [-0.2, -0.15) is 5.10 Å². The normalized spacial score (nSPS) is 21.5. The van der Waals surface area contributed by atoms with Gasteiger partial charge >= 0.3 is 6.03 Å². The fraction of sp³-hybridized carbons (Fsp3) is 0.609. The third-order valence-corrected chi connectivity index (χ3v) is 6.30. The zero-order valence-electron chi connectivity index (χ0n) is 19.0. The molecule has 0 aliphatic carbocycles. The topological polar surface area (TPSA) is 73.2 Å². The SMILES string of the molecule is CC(C)CN1CCN(Cc2ccn3ncc(N4CCC(=O)NC4=O)c3c2)C[C@@H]1C(C)C. The second kappa shape index (κ2) is 8.96. The lowest BCUT2D eigenvalue weighted by Crippen LogP contribution is -2.55. The first-order valence-corrected chi connectivity index (χ1v) is 11.4. The van der Waals surface area contributed by atoms with Crippen LogP contribution in [0.25, 0.3) is 5.52 Å². The first-order valence-electron chi connectivity index (χ1n) is 11.4. The number of imide groups is 1. The number of nitrogens with zero attached hydrogens (tertiary/aromatic N) is 5. The monoisotopic (exact) mass is 426 g/mol. The Labute approximate surface area is 184 Å². The molecule has 2 saturated heterocycles. The predicted molar refractivity (Wildman–Crippen MR) is 121 cm³/mol. The van der Waals surface area contributed by atoms with Crippen molar-refractivity contribution in [3.8, 4) is 0 Å². The van der Waals surface area contributed by atoms with E-state index in [-0.39, 0.29) is 11.9 Å². The minimum Gasteiger partial charge on any atom is -0.297 e. The van der Waals surface area contributed by atoms with E-state index in [0.717, 1.165) is 43.9 Å². The van der Waals surface area contributed by atoms with Crippen molar-refractivity contribution >= 4 is 23.1 Å². The molecular weight excluding hydrogens is 392 g/mol. The van der Waals surface area contributed by atoms with Crippen molar-refractivity contribution in [2.24, 2.45) is 11.8 Å². The molecular formula is C23H34N6O2. The molecule has 2 aromatic heterocycles. The number of fused-ring (bicyclic) bond motifs is 1. The summed E-state index contributed by atoms with van der Waals surface area (Å²) in [6.07, 6.45) is 3.96. The number of hydrogen-bond acceptors (Lipinski definition) is 5. The van der Waals surface area contributed by atoms with Gasteiger partial charge in [0.05, 0.1) is 17.4 Å². The molecule has 0 saturated carbocycles. The van der Waals surface area contributed by atoms with E-state index < -0.39 is 0 Å². The van der Waals surface area contributed by atoms with Gasteiger partial charge in [-0.3, -0.25) is 24.8 Å². The number of rotatable bonds is 6. The number of anilines is 1. The number of piperazine rings is 1. The zero-order valence-corrected chi connectivity index (χ0v) is 19.0. The maximum atomic E-state index is 12.3. The number of urea groups is 1. The number of hydrogen-bond donors (Lipinski definition) is 1. The summed E-state index contributed by atoms with van der Waals surface area (Å²) in [5.74, 6) is 1.07. The first-order chi connectivity index (χ1) is 14.8. The van der Waals surface area contributed by atoms with Crippen LogP contribution in [-0.4, -0.2) is 70.1 Å². The summed E-state index contributed by atoms with van der Waals surface area (Å²) in [5, 5.41) is 6.79. The van der Waals surface area contributed by atoms with E-state index in [1.165, 1.54) is 5.56 Å². The Hall–Kier alpha value is -2.45. The van der Waals surface area contributed by atoms with Crippen molar-refractivity contribution in [3.63, 3.8) is 0 Å². The van der Waals surface area contributed by atoms with Crippen LogP contribution >= 0.6 is 0 Å². The van der Waals surface area contributed by atoms with Crippen molar-refractivity contribution in [2.45, 2.75) is 46.7 Å². The Morgan fingerprint density at radius 3 is 2.68 bits per heavy atom. The molecule has 0 unspecified atom stereocenters. The maximum Gasteiger partial charge on any atom is 0.328 e. The number of carbonyl (C=O) groups is 2. The molecule has 4 rings (SSSR count). The van der Waals surface area contributed by atoms with Crippen LogP contribution in [0.5, 0.6) is 0 Å². The van der Waals surface area contributed by atoms with Gasteiger partial charge in [0.2, 0.25) is 5.91 Å². The van der Waals surface area contributed by atoms with E-state index in [1.54, 1.807) is 15.6 Å². The fourth-order valence-electron chi connectivity index (χ4n) is 4.75. The second-order valence-corrected chi connectivity index (χ2v) is 9.58. The molecule has 1 atom stereocenters. The summed E-state index contributed by atoms with van der Waals surface area (Å²) in [5.41, 5.74) is 2.84. The molecule has 2 aliphatic rings. The average molecular weight is 427 g/mol. The van der Waals surface area contributed by atoms with Crippen molar-refractivity contribution in [1.82, 2.24) is 24.7 Å². The third kappa shape index (κ3) is 4.75. The van der Waals surface area contributed by atoms with E-state index in [0.29, 0.717) is 30.8 Å². The smallest absolute Gasteiger partial charge is 0.297 e. The zero-order chi connectivity index (χ0) is 22.1. The molecule has 0 spiro atoms. The van der Waals surface area contributed by atoms with Crippen LogP contribution in [0.15, 0.2) is 24.5 Å². The molecule has 168 valence electrons. The highest BCUT2D eigenvalue weighted by molar-refractivity contribution is 6.07. The van der Waals surface area contributed by atoms with E-state index in [9.17, 15) is 9.59 Å². The molecule has 3 amide bonds. The molecule has 0 radical (unpaired) electrons. The van der Waals surface area contributed by atoms with Gasteiger partial charge in [-0.1, -0.05) is 27.7 Å².